The molecule has 0 heterocycles. The maximum Gasteiger partial charge on any atom is 0.389 e. The summed E-state index contributed by atoms with van der Waals surface area (Å²) in [7, 11) is 1.27. The van der Waals surface area contributed by atoms with Crippen molar-refractivity contribution in [3.05, 3.63) is 29.8 Å². The normalized spacial score (nSPS) is 12.8. The van der Waals surface area contributed by atoms with E-state index >= 15 is 0 Å². The minimum atomic E-state index is -4.13. The third kappa shape index (κ3) is 5.95. The van der Waals surface area contributed by atoms with Gasteiger partial charge in [-0.15, -0.1) is 0 Å². The minimum absolute atomic E-state index is 0.0152. The molecule has 0 saturated heterocycles. The van der Waals surface area contributed by atoms with Gasteiger partial charge >= 0.3 is 12.1 Å². The van der Waals surface area contributed by atoms with Crippen LogP contribution in [0.3, 0.4) is 0 Å². The van der Waals surface area contributed by atoms with E-state index in [9.17, 15) is 18.0 Å². The first-order chi connectivity index (χ1) is 9.31. The van der Waals surface area contributed by atoms with Crippen molar-refractivity contribution < 1.29 is 27.4 Å². The molecule has 1 rings (SSSR count). The van der Waals surface area contributed by atoms with Crippen LogP contribution in [0.2, 0.25) is 0 Å². The van der Waals surface area contributed by atoms with E-state index < -0.39 is 18.6 Å². The zero-order valence-corrected chi connectivity index (χ0v) is 11.4. The van der Waals surface area contributed by atoms with Crippen LogP contribution in [0, 0.1) is 0 Å². The number of carbonyl (C=O) groups is 1. The summed E-state index contributed by atoms with van der Waals surface area (Å²) in [6, 6.07) is 6.36. The van der Waals surface area contributed by atoms with Crippen LogP contribution in [0.15, 0.2) is 24.3 Å². The Morgan fingerprint density at radius 3 is 2.65 bits per heavy atom. The Morgan fingerprint density at radius 1 is 1.35 bits per heavy atom. The lowest BCUT2D eigenvalue weighted by atomic mass is 10.1. The van der Waals surface area contributed by atoms with E-state index in [0.717, 1.165) is 0 Å². The summed E-state index contributed by atoms with van der Waals surface area (Å²) in [6.45, 7) is 1.70. The lowest BCUT2D eigenvalue weighted by Crippen LogP contribution is -2.14. The van der Waals surface area contributed by atoms with Crippen molar-refractivity contribution in [3.8, 4) is 5.75 Å². The zero-order chi connectivity index (χ0) is 15.2. The summed E-state index contributed by atoms with van der Waals surface area (Å²) in [6.07, 6.45) is -5.00. The fourth-order valence-corrected chi connectivity index (χ4v) is 1.70. The van der Waals surface area contributed by atoms with Gasteiger partial charge in [0.2, 0.25) is 0 Å². The second-order valence-corrected chi connectivity index (χ2v) is 4.46. The van der Waals surface area contributed by atoms with Gasteiger partial charge in [-0.05, 0) is 38.0 Å². The van der Waals surface area contributed by atoms with Gasteiger partial charge in [-0.1, -0.05) is 6.07 Å². The summed E-state index contributed by atoms with van der Waals surface area (Å²) in [5.74, 6) is -0.0485. The van der Waals surface area contributed by atoms with Crippen molar-refractivity contribution >= 4 is 5.97 Å². The average Bonchev–Trinajstić information content (AvgIpc) is 2.36. The van der Waals surface area contributed by atoms with Gasteiger partial charge in [-0.25, -0.2) is 4.79 Å². The molecule has 6 heteroatoms. The fourth-order valence-electron chi connectivity index (χ4n) is 1.70. The highest BCUT2D eigenvalue weighted by molar-refractivity contribution is 5.89. The highest BCUT2D eigenvalue weighted by Crippen LogP contribution is 2.24. The van der Waals surface area contributed by atoms with Gasteiger partial charge in [0, 0.05) is 6.42 Å². The molecule has 0 spiro atoms. The number of rotatable bonds is 6. The number of hydrogen-bond donors (Lipinski definition) is 0. The van der Waals surface area contributed by atoms with E-state index in [1.165, 1.54) is 13.2 Å². The van der Waals surface area contributed by atoms with Crippen molar-refractivity contribution in [2.75, 3.05) is 7.11 Å². The Labute approximate surface area is 115 Å². The summed E-state index contributed by atoms with van der Waals surface area (Å²) in [5, 5.41) is 0. The minimum Gasteiger partial charge on any atom is -0.491 e. The molecule has 0 aromatic heterocycles. The molecule has 0 amide bonds. The summed E-state index contributed by atoms with van der Waals surface area (Å²) >= 11 is 0. The van der Waals surface area contributed by atoms with E-state index in [4.69, 9.17) is 4.74 Å². The standard InChI is InChI=1S/C14H17F3O3/c1-10(5-4-8-14(15,16)17)20-12-7-3-6-11(9-12)13(18)19-2/h3,6-7,9-10H,4-5,8H2,1-2H3. The molecule has 112 valence electrons. The monoisotopic (exact) mass is 290 g/mol. The highest BCUT2D eigenvalue weighted by atomic mass is 19.4. The Balaban J connectivity index is 2.49. The van der Waals surface area contributed by atoms with E-state index in [1.54, 1.807) is 25.1 Å². The zero-order valence-electron chi connectivity index (χ0n) is 11.4. The van der Waals surface area contributed by atoms with Gasteiger partial charge in [0.25, 0.3) is 0 Å². The van der Waals surface area contributed by atoms with Gasteiger partial charge < -0.3 is 9.47 Å². The van der Waals surface area contributed by atoms with E-state index in [2.05, 4.69) is 4.74 Å². The van der Waals surface area contributed by atoms with Crippen LogP contribution in [0.25, 0.3) is 0 Å². The van der Waals surface area contributed by atoms with Crippen molar-refractivity contribution in [2.24, 2.45) is 0 Å². The van der Waals surface area contributed by atoms with Crippen LogP contribution in [-0.2, 0) is 4.74 Å². The molecule has 20 heavy (non-hydrogen) atoms. The molecule has 0 bridgehead atoms. The second kappa shape index (κ2) is 7.17. The maximum absolute atomic E-state index is 12.0. The molecule has 1 unspecified atom stereocenters. The number of methoxy groups -OCH3 is 1. The highest BCUT2D eigenvalue weighted by Gasteiger charge is 2.26. The van der Waals surface area contributed by atoms with Crippen LogP contribution in [0.5, 0.6) is 5.75 Å². The predicted molar refractivity (Wildman–Crippen MR) is 67.8 cm³/mol. The van der Waals surface area contributed by atoms with Crippen LogP contribution in [0.4, 0.5) is 13.2 Å². The number of hydrogen-bond acceptors (Lipinski definition) is 3. The molecule has 1 aromatic rings. The molecule has 0 N–H and O–H groups in total. The molecule has 0 aliphatic heterocycles. The smallest absolute Gasteiger partial charge is 0.389 e. The number of benzene rings is 1. The van der Waals surface area contributed by atoms with Crippen LogP contribution in [0.1, 0.15) is 36.5 Å². The fraction of sp³-hybridized carbons (Fsp3) is 0.500. The maximum atomic E-state index is 12.0. The van der Waals surface area contributed by atoms with Crippen molar-refractivity contribution in [3.63, 3.8) is 0 Å². The Morgan fingerprint density at radius 2 is 2.05 bits per heavy atom. The Hall–Kier alpha value is -1.72. The van der Waals surface area contributed by atoms with Gasteiger partial charge in [0.1, 0.15) is 5.75 Å². The van der Waals surface area contributed by atoms with Gasteiger partial charge in [0.15, 0.2) is 0 Å². The first-order valence-electron chi connectivity index (χ1n) is 6.23. The van der Waals surface area contributed by atoms with E-state index in [0.29, 0.717) is 17.7 Å². The average molecular weight is 290 g/mol. The first-order valence-corrected chi connectivity index (χ1v) is 6.23. The number of alkyl halides is 3. The molecule has 1 atom stereocenters. The van der Waals surface area contributed by atoms with Gasteiger partial charge in [-0.2, -0.15) is 13.2 Å². The van der Waals surface area contributed by atoms with Crippen LogP contribution < -0.4 is 4.74 Å². The third-order valence-corrected chi connectivity index (χ3v) is 2.66. The summed E-state index contributed by atoms with van der Waals surface area (Å²) in [5.41, 5.74) is 0.340. The SMILES string of the molecule is COC(=O)c1cccc(OC(C)CCCC(F)(F)F)c1. The van der Waals surface area contributed by atoms with Crippen LogP contribution >= 0.6 is 0 Å². The topological polar surface area (TPSA) is 35.5 Å². The lowest BCUT2D eigenvalue weighted by molar-refractivity contribution is -0.136. The van der Waals surface area contributed by atoms with Crippen molar-refractivity contribution in [2.45, 2.75) is 38.5 Å². The molecule has 0 aliphatic rings. The third-order valence-electron chi connectivity index (χ3n) is 2.66. The largest absolute Gasteiger partial charge is 0.491 e. The number of halogens is 3. The van der Waals surface area contributed by atoms with Crippen LogP contribution in [-0.4, -0.2) is 25.4 Å². The van der Waals surface area contributed by atoms with Crippen molar-refractivity contribution in [1.82, 2.24) is 0 Å². The Kier molecular flexibility index (Phi) is 5.85. The number of esters is 1. The molecular weight excluding hydrogens is 273 g/mol. The number of ether oxygens (including phenoxy) is 2. The predicted octanol–water partition coefficient (Wildman–Crippen LogP) is 3.97. The summed E-state index contributed by atoms with van der Waals surface area (Å²) in [4.78, 5) is 11.3. The molecule has 3 nitrogen and oxygen atoms in total. The molecule has 0 aliphatic carbocycles. The lowest BCUT2D eigenvalue weighted by Gasteiger charge is -2.15. The van der Waals surface area contributed by atoms with Crippen molar-refractivity contribution in [1.29, 1.82) is 0 Å². The van der Waals surface area contributed by atoms with Gasteiger partial charge in [-0.3, -0.25) is 0 Å². The molecule has 0 radical (unpaired) electrons. The molecule has 0 fully saturated rings. The first kappa shape index (κ1) is 16.3. The second-order valence-electron chi connectivity index (χ2n) is 4.46. The van der Waals surface area contributed by atoms with Gasteiger partial charge in [0.05, 0.1) is 18.8 Å². The Bertz CT molecular complexity index is 444. The molecule has 0 saturated carbocycles. The van der Waals surface area contributed by atoms with E-state index in [1.807, 2.05) is 0 Å². The molecular formula is C14H17F3O3. The quantitative estimate of drug-likeness (QED) is 0.744. The number of carbonyl (C=O) groups excluding carboxylic acids is 1. The molecule has 1 aromatic carbocycles. The van der Waals surface area contributed by atoms with E-state index in [-0.39, 0.29) is 12.5 Å². The summed E-state index contributed by atoms with van der Waals surface area (Å²) < 4.78 is 46.1.